The highest BCUT2D eigenvalue weighted by Gasteiger charge is 2.06. The van der Waals surface area contributed by atoms with Gasteiger partial charge in [-0.2, -0.15) is 0 Å². The molecule has 0 aliphatic rings. The number of nitrogens with one attached hydrogen (secondary N) is 1. The van der Waals surface area contributed by atoms with Crippen molar-refractivity contribution in [1.29, 1.82) is 0 Å². The van der Waals surface area contributed by atoms with Crippen molar-refractivity contribution in [3.8, 4) is 0 Å². The van der Waals surface area contributed by atoms with Gasteiger partial charge in [-0.05, 0) is 22.0 Å². The van der Waals surface area contributed by atoms with Crippen LogP contribution in [0.4, 0.5) is 5.13 Å². The highest BCUT2D eigenvalue weighted by atomic mass is 79.9. The number of amides is 1. The third-order valence-corrected chi connectivity index (χ3v) is 2.94. The zero-order valence-electron chi connectivity index (χ0n) is 8.46. The molecule has 88 valence electrons. The molecule has 0 atom stereocenters. The van der Waals surface area contributed by atoms with Crippen molar-refractivity contribution in [2.75, 3.05) is 5.32 Å². The second kappa shape index (κ2) is 5.19. The van der Waals surface area contributed by atoms with Gasteiger partial charge in [0.2, 0.25) is 11.0 Å². The number of pyridine rings is 1. The highest BCUT2D eigenvalue weighted by Crippen LogP contribution is 2.08. The molecule has 0 bridgehead atoms. The fourth-order valence-corrected chi connectivity index (χ4v) is 2.01. The van der Waals surface area contributed by atoms with Crippen LogP contribution in [0.1, 0.15) is 0 Å². The molecule has 0 radical (unpaired) electrons. The van der Waals surface area contributed by atoms with E-state index in [4.69, 9.17) is 0 Å². The van der Waals surface area contributed by atoms with Crippen molar-refractivity contribution < 1.29 is 4.79 Å². The van der Waals surface area contributed by atoms with Gasteiger partial charge in [-0.1, -0.05) is 11.3 Å². The first kappa shape index (κ1) is 11.9. The summed E-state index contributed by atoms with van der Waals surface area (Å²) >= 11 is 4.45. The van der Waals surface area contributed by atoms with Gasteiger partial charge in [0, 0.05) is 16.7 Å². The molecule has 0 fully saturated rings. The van der Waals surface area contributed by atoms with E-state index < -0.39 is 0 Å². The van der Waals surface area contributed by atoms with Crippen molar-refractivity contribution in [3.05, 3.63) is 38.7 Å². The number of nitrogens with zero attached hydrogens (tertiary/aromatic N) is 3. The first-order valence-electron chi connectivity index (χ1n) is 4.57. The van der Waals surface area contributed by atoms with Crippen LogP contribution in [-0.4, -0.2) is 20.7 Å². The Balaban J connectivity index is 2.08. The number of carbonyl (C=O) groups is 1. The van der Waals surface area contributed by atoms with Crippen LogP contribution in [0, 0.1) is 0 Å². The van der Waals surface area contributed by atoms with Crippen molar-refractivity contribution in [2.45, 2.75) is 6.54 Å². The number of anilines is 1. The monoisotopic (exact) mass is 314 g/mol. The topological polar surface area (TPSA) is 76.9 Å². The van der Waals surface area contributed by atoms with Crippen molar-refractivity contribution in [3.63, 3.8) is 0 Å². The van der Waals surface area contributed by atoms with E-state index in [0.717, 1.165) is 4.47 Å². The van der Waals surface area contributed by atoms with E-state index in [1.807, 2.05) is 0 Å². The van der Waals surface area contributed by atoms with Crippen LogP contribution in [0.2, 0.25) is 0 Å². The van der Waals surface area contributed by atoms with Crippen LogP contribution in [-0.2, 0) is 11.3 Å². The molecule has 0 unspecified atom stereocenters. The quantitative estimate of drug-likeness (QED) is 0.920. The molecule has 0 spiro atoms. The fraction of sp³-hybridized carbons (Fsp3) is 0.111. The second-order valence-electron chi connectivity index (χ2n) is 3.11. The molecule has 2 rings (SSSR count). The van der Waals surface area contributed by atoms with Crippen molar-refractivity contribution >= 4 is 38.3 Å². The molecule has 1 amide bonds. The minimum absolute atomic E-state index is 0.0577. The van der Waals surface area contributed by atoms with E-state index in [-0.39, 0.29) is 18.0 Å². The third-order valence-electron chi connectivity index (χ3n) is 1.87. The van der Waals surface area contributed by atoms with Gasteiger partial charge in [-0.3, -0.25) is 14.9 Å². The lowest BCUT2D eigenvalue weighted by molar-refractivity contribution is -0.116. The minimum Gasteiger partial charge on any atom is -0.305 e. The first-order valence-corrected chi connectivity index (χ1v) is 6.24. The lowest BCUT2D eigenvalue weighted by Crippen LogP contribution is -2.26. The summed E-state index contributed by atoms with van der Waals surface area (Å²) in [6.45, 7) is -0.0577. The van der Waals surface area contributed by atoms with Crippen LogP contribution in [0.15, 0.2) is 33.1 Å². The molecule has 0 aliphatic heterocycles. The Morgan fingerprint density at radius 1 is 1.53 bits per heavy atom. The van der Waals surface area contributed by atoms with Gasteiger partial charge in [0.25, 0.3) is 5.56 Å². The molecule has 2 aromatic rings. The van der Waals surface area contributed by atoms with E-state index in [2.05, 4.69) is 31.4 Å². The van der Waals surface area contributed by atoms with Crippen LogP contribution in [0.3, 0.4) is 0 Å². The van der Waals surface area contributed by atoms with Gasteiger partial charge < -0.3 is 4.57 Å². The van der Waals surface area contributed by atoms with Gasteiger partial charge in [0.15, 0.2) is 0 Å². The van der Waals surface area contributed by atoms with E-state index in [9.17, 15) is 9.59 Å². The Bertz CT molecular complexity index is 581. The summed E-state index contributed by atoms with van der Waals surface area (Å²) in [6.07, 6.45) is 1.56. The van der Waals surface area contributed by atoms with Crippen molar-refractivity contribution in [1.82, 2.24) is 14.8 Å². The lowest BCUT2D eigenvalue weighted by atomic mass is 10.4. The SMILES string of the molecule is O=C(Cn1cc(Br)ccc1=O)Nc1nncs1. The fourth-order valence-electron chi connectivity index (χ4n) is 1.17. The van der Waals surface area contributed by atoms with Crippen LogP contribution in [0.5, 0.6) is 0 Å². The maximum atomic E-state index is 11.6. The van der Waals surface area contributed by atoms with Gasteiger partial charge in [-0.15, -0.1) is 10.2 Å². The molecule has 2 aromatic heterocycles. The summed E-state index contributed by atoms with van der Waals surface area (Å²) < 4.78 is 2.04. The number of rotatable bonds is 3. The number of carbonyl (C=O) groups excluding carboxylic acids is 1. The maximum Gasteiger partial charge on any atom is 0.251 e. The van der Waals surface area contributed by atoms with Gasteiger partial charge >= 0.3 is 0 Å². The summed E-state index contributed by atoms with van der Waals surface area (Å²) in [5.74, 6) is -0.318. The van der Waals surface area contributed by atoms with E-state index in [1.54, 1.807) is 12.3 Å². The standard InChI is InChI=1S/C9H7BrN4O2S/c10-6-1-2-8(16)14(3-6)4-7(15)12-9-13-11-5-17-9/h1-3,5H,4H2,(H,12,13,15). The molecular formula is C9H7BrN4O2S. The van der Waals surface area contributed by atoms with E-state index >= 15 is 0 Å². The van der Waals surface area contributed by atoms with Crippen LogP contribution in [0.25, 0.3) is 0 Å². The average molecular weight is 315 g/mol. The molecule has 2 heterocycles. The number of halogens is 1. The van der Waals surface area contributed by atoms with Gasteiger partial charge in [0.1, 0.15) is 12.1 Å². The summed E-state index contributed by atoms with van der Waals surface area (Å²) in [5.41, 5.74) is 1.28. The lowest BCUT2D eigenvalue weighted by Gasteiger charge is -2.04. The highest BCUT2D eigenvalue weighted by molar-refractivity contribution is 9.10. The van der Waals surface area contributed by atoms with Gasteiger partial charge in [0.05, 0.1) is 0 Å². The second-order valence-corrected chi connectivity index (χ2v) is 4.85. The molecule has 0 aliphatic carbocycles. The average Bonchev–Trinajstić information content (AvgIpc) is 2.76. The Morgan fingerprint density at radius 3 is 3.06 bits per heavy atom. The summed E-state index contributed by atoms with van der Waals surface area (Å²) in [4.78, 5) is 23.0. The van der Waals surface area contributed by atoms with E-state index in [0.29, 0.717) is 5.13 Å². The molecular weight excluding hydrogens is 308 g/mol. The summed E-state index contributed by atoms with van der Waals surface area (Å²) in [5, 5.41) is 10.2. The predicted molar refractivity (Wildman–Crippen MR) is 66.9 cm³/mol. The smallest absolute Gasteiger partial charge is 0.251 e. The normalized spacial score (nSPS) is 10.2. The number of aromatic nitrogens is 3. The molecule has 0 saturated heterocycles. The summed E-state index contributed by atoms with van der Waals surface area (Å²) in [7, 11) is 0. The molecule has 6 nitrogen and oxygen atoms in total. The molecule has 17 heavy (non-hydrogen) atoms. The van der Waals surface area contributed by atoms with Crippen LogP contribution >= 0.6 is 27.3 Å². The minimum atomic E-state index is -0.318. The van der Waals surface area contributed by atoms with E-state index in [1.165, 1.54) is 27.5 Å². The Labute approximate surface area is 108 Å². The zero-order chi connectivity index (χ0) is 12.3. The molecule has 0 saturated carbocycles. The van der Waals surface area contributed by atoms with Gasteiger partial charge in [-0.25, -0.2) is 0 Å². The Hall–Kier alpha value is -1.54. The largest absolute Gasteiger partial charge is 0.305 e. The molecule has 8 heteroatoms. The molecule has 1 N–H and O–H groups in total. The molecule has 0 aromatic carbocycles. The number of hydrogen-bond acceptors (Lipinski definition) is 5. The zero-order valence-corrected chi connectivity index (χ0v) is 10.9. The first-order chi connectivity index (χ1) is 8.15. The third kappa shape index (κ3) is 3.21. The van der Waals surface area contributed by atoms with Crippen molar-refractivity contribution in [2.24, 2.45) is 0 Å². The number of hydrogen-bond donors (Lipinski definition) is 1. The summed E-state index contributed by atoms with van der Waals surface area (Å²) in [6, 6.07) is 3.02. The Morgan fingerprint density at radius 2 is 2.35 bits per heavy atom. The van der Waals surface area contributed by atoms with Crippen LogP contribution < -0.4 is 10.9 Å². The maximum absolute atomic E-state index is 11.6. The Kier molecular flexibility index (Phi) is 3.64. The predicted octanol–water partition coefficient (Wildman–Crippen LogP) is 1.10.